The standard InChI is InChI=1S/C19H22N2O4S/c22-26(23,17-6-7-18-19(14-17)25-15-24-18)21-12-10-20(11-13-21)9-8-16-4-2-1-3-5-16/h1-7,14H,8-13,15H2. The zero-order chi connectivity index (χ0) is 18.0. The predicted octanol–water partition coefficient (Wildman–Crippen LogP) is 1.96. The highest BCUT2D eigenvalue weighted by Gasteiger charge is 2.29. The molecule has 0 atom stereocenters. The molecule has 0 aliphatic carbocycles. The number of fused-ring (bicyclic) bond motifs is 1. The molecule has 2 aromatic rings. The van der Waals surface area contributed by atoms with Gasteiger partial charge in [0.15, 0.2) is 11.5 Å². The monoisotopic (exact) mass is 374 g/mol. The molecule has 138 valence electrons. The molecule has 7 heteroatoms. The van der Waals surface area contributed by atoms with Crippen LogP contribution >= 0.6 is 0 Å². The number of piperazine rings is 1. The molecule has 2 aromatic carbocycles. The van der Waals surface area contributed by atoms with Gasteiger partial charge in [-0.25, -0.2) is 8.42 Å². The fourth-order valence-electron chi connectivity index (χ4n) is 3.31. The molecule has 26 heavy (non-hydrogen) atoms. The summed E-state index contributed by atoms with van der Waals surface area (Å²) in [5.41, 5.74) is 1.31. The van der Waals surface area contributed by atoms with Crippen molar-refractivity contribution in [1.82, 2.24) is 9.21 Å². The van der Waals surface area contributed by atoms with E-state index in [9.17, 15) is 8.42 Å². The summed E-state index contributed by atoms with van der Waals surface area (Å²) in [4.78, 5) is 2.58. The van der Waals surface area contributed by atoms with E-state index in [-0.39, 0.29) is 11.7 Å². The lowest BCUT2D eigenvalue weighted by Gasteiger charge is -2.34. The molecule has 0 bridgehead atoms. The van der Waals surface area contributed by atoms with Crippen LogP contribution in [0, 0.1) is 0 Å². The average molecular weight is 374 g/mol. The molecule has 0 saturated carbocycles. The van der Waals surface area contributed by atoms with E-state index in [1.54, 1.807) is 22.5 Å². The molecular weight excluding hydrogens is 352 g/mol. The third-order valence-electron chi connectivity index (χ3n) is 4.87. The summed E-state index contributed by atoms with van der Waals surface area (Å²) in [7, 11) is -3.50. The Morgan fingerprint density at radius 1 is 0.885 bits per heavy atom. The second-order valence-corrected chi connectivity index (χ2v) is 8.43. The van der Waals surface area contributed by atoms with Gasteiger partial charge in [0.2, 0.25) is 16.8 Å². The molecule has 0 unspecified atom stereocenters. The van der Waals surface area contributed by atoms with Crippen LogP contribution in [-0.2, 0) is 16.4 Å². The summed E-state index contributed by atoms with van der Waals surface area (Å²) in [5.74, 6) is 1.09. The number of ether oxygens (including phenoxy) is 2. The van der Waals surface area contributed by atoms with E-state index in [0.717, 1.165) is 26.1 Å². The van der Waals surface area contributed by atoms with Crippen molar-refractivity contribution in [3.8, 4) is 11.5 Å². The van der Waals surface area contributed by atoms with Crippen LogP contribution in [0.4, 0.5) is 0 Å². The third kappa shape index (κ3) is 3.56. The molecular formula is C19H22N2O4S. The van der Waals surface area contributed by atoms with Crippen molar-refractivity contribution in [1.29, 1.82) is 0 Å². The van der Waals surface area contributed by atoms with Gasteiger partial charge in [0.25, 0.3) is 0 Å². The third-order valence-corrected chi connectivity index (χ3v) is 6.77. The number of nitrogens with zero attached hydrogens (tertiary/aromatic N) is 2. The van der Waals surface area contributed by atoms with Crippen molar-refractivity contribution in [3.05, 3.63) is 54.1 Å². The minimum absolute atomic E-state index is 0.138. The van der Waals surface area contributed by atoms with Gasteiger partial charge in [0.05, 0.1) is 4.90 Å². The van der Waals surface area contributed by atoms with Crippen LogP contribution in [0.3, 0.4) is 0 Å². The lowest BCUT2D eigenvalue weighted by Crippen LogP contribution is -2.48. The maximum absolute atomic E-state index is 12.9. The van der Waals surface area contributed by atoms with Crippen molar-refractivity contribution in [2.75, 3.05) is 39.5 Å². The number of benzene rings is 2. The quantitative estimate of drug-likeness (QED) is 0.801. The van der Waals surface area contributed by atoms with Crippen molar-refractivity contribution < 1.29 is 17.9 Å². The molecule has 4 rings (SSSR count). The summed E-state index contributed by atoms with van der Waals surface area (Å²) < 4.78 is 37.9. The van der Waals surface area contributed by atoms with Crippen LogP contribution in [0.15, 0.2) is 53.4 Å². The SMILES string of the molecule is O=S(=O)(c1ccc2c(c1)OCO2)N1CCN(CCc2ccccc2)CC1. The average Bonchev–Trinajstić information content (AvgIpc) is 3.15. The highest BCUT2D eigenvalue weighted by Crippen LogP contribution is 2.34. The van der Waals surface area contributed by atoms with E-state index in [1.807, 2.05) is 18.2 Å². The first-order chi connectivity index (χ1) is 12.6. The Kier molecular flexibility index (Phi) is 4.84. The van der Waals surface area contributed by atoms with E-state index >= 15 is 0 Å². The summed E-state index contributed by atoms with van der Waals surface area (Å²) in [5, 5.41) is 0. The second-order valence-electron chi connectivity index (χ2n) is 6.50. The number of rotatable bonds is 5. The lowest BCUT2D eigenvalue weighted by molar-refractivity contribution is 0.174. The molecule has 0 amide bonds. The van der Waals surface area contributed by atoms with Gasteiger partial charge >= 0.3 is 0 Å². The normalized spacial score (nSPS) is 18.2. The van der Waals surface area contributed by atoms with E-state index in [4.69, 9.17) is 9.47 Å². The highest BCUT2D eigenvalue weighted by atomic mass is 32.2. The lowest BCUT2D eigenvalue weighted by atomic mass is 10.1. The van der Waals surface area contributed by atoms with Gasteiger partial charge in [-0.1, -0.05) is 30.3 Å². The molecule has 0 aromatic heterocycles. The van der Waals surface area contributed by atoms with Crippen LogP contribution in [0.2, 0.25) is 0 Å². The largest absolute Gasteiger partial charge is 0.454 e. The van der Waals surface area contributed by atoms with Crippen molar-refractivity contribution >= 4 is 10.0 Å². The van der Waals surface area contributed by atoms with Crippen LogP contribution in [0.25, 0.3) is 0 Å². The Morgan fingerprint density at radius 3 is 2.38 bits per heavy atom. The van der Waals surface area contributed by atoms with Gasteiger partial charge in [-0.05, 0) is 24.1 Å². The number of hydrogen-bond acceptors (Lipinski definition) is 5. The minimum Gasteiger partial charge on any atom is -0.454 e. The fourth-order valence-corrected chi connectivity index (χ4v) is 4.75. The summed E-state index contributed by atoms with van der Waals surface area (Å²) in [6.07, 6.45) is 0.982. The Hall–Kier alpha value is -2.09. The Bertz CT molecular complexity index is 862. The molecule has 2 heterocycles. The minimum atomic E-state index is -3.50. The van der Waals surface area contributed by atoms with E-state index in [2.05, 4.69) is 17.0 Å². The Labute approximate surface area is 154 Å². The van der Waals surface area contributed by atoms with E-state index in [1.165, 1.54) is 5.56 Å². The zero-order valence-electron chi connectivity index (χ0n) is 14.5. The molecule has 0 N–H and O–H groups in total. The van der Waals surface area contributed by atoms with Crippen molar-refractivity contribution in [2.24, 2.45) is 0 Å². The smallest absolute Gasteiger partial charge is 0.243 e. The van der Waals surface area contributed by atoms with Crippen molar-refractivity contribution in [2.45, 2.75) is 11.3 Å². The van der Waals surface area contributed by atoms with Crippen molar-refractivity contribution in [3.63, 3.8) is 0 Å². The van der Waals surface area contributed by atoms with Crippen LogP contribution in [0.1, 0.15) is 5.56 Å². The Morgan fingerprint density at radius 2 is 1.62 bits per heavy atom. The van der Waals surface area contributed by atoms with E-state index in [0.29, 0.717) is 24.6 Å². The number of hydrogen-bond donors (Lipinski definition) is 0. The Balaban J connectivity index is 1.36. The molecule has 0 spiro atoms. The summed E-state index contributed by atoms with van der Waals surface area (Å²) in [6.45, 7) is 3.59. The summed E-state index contributed by atoms with van der Waals surface area (Å²) in [6, 6.07) is 15.2. The first-order valence-electron chi connectivity index (χ1n) is 8.79. The maximum Gasteiger partial charge on any atom is 0.243 e. The van der Waals surface area contributed by atoms with Gasteiger partial charge < -0.3 is 14.4 Å². The predicted molar refractivity (Wildman–Crippen MR) is 97.9 cm³/mol. The van der Waals surface area contributed by atoms with Gasteiger partial charge in [-0.15, -0.1) is 0 Å². The van der Waals surface area contributed by atoms with Gasteiger partial charge in [0, 0.05) is 38.8 Å². The van der Waals surface area contributed by atoms with Crippen LogP contribution in [-0.4, -0.2) is 57.1 Å². The molecule has 1 fully saturated rings. The molecule has 6 nitrogen and oxygen atoms in total. The topological polar surface area (TPSA) is 59.1 Å². The van der Waals surface area contributed by atoms with Crippen LogP contribution < -0.4 is 9.47 Å². The molecule has 2 aliphatic heterocycles. The van der Waals surface area contributed by atoms with Crippen LogP contribution in [0.5, 0.6) is 11.5 Å². The molecule has 1 saturated heterocycles. The summed E-state index contributed by atoms with van der Waals surface area (Å²) >= 11 is 0. The zero-order valence-corrected chi connectivity index (χ0v) is 15.3. The molecule has 0 radical (unpaired) electrons. The van der Waals surface area contributed by atoms with Gasteiger partial charge in [-0.3, -0.25) is 0 Å². The first-order valence-corrected chi connectivity index (χ1v) is 10.2. The van der Waals surface area contributed by atoms with Gasteiger partial charge in [-0.2, -0.15) is 4.31 Å². The van der Waals surface area contributed by atoms with E-state index < -0.39 is 10.0 Å². The fraction of sp³-hybridized carbons (Fsp3) is 0.368. The highest BCUT2D eigenvalue weighted by molar-refractivity contribution is 7.89. The second kappa shape index (κ2) is 7.26. The maximum atomic E-state index is 12.9. The van der Waals surface area contributed by atoms with Gasteiger partial charge in [0.1, 0.15) is 0 Å². The number of sulfonamides is 1. The first kappa shape index (κ1) is 17.3. The molecule has 2 aliphatic rings.